The second-order valence-corrected chi connectivity index (χ2v) is 7.01. The summed E-state index contributed by atoms with van der Waals surface area (Å²) in [6.07, 6.45) is -3.93. The van der Waals surface area contributed by atoms with Crippen molar-refractivity contribution in [3.05, 3.63) is 59.6 Å². The molecule has 2 N–H and O–H groups in total. The van der Waals surface area contributed by atoms with E-state index >= 15 is 0 Å². The average molecular weight is 437 g/mol. The molecule has 3 aromatic rings. The largest absolute Gasteiger partial charge is 0.573 e. The molecule has 9 heteroatoms. The van der Waals surface area contributed by atoms with Crippen LogP contribution in [0.1, 0.15) is 20.3 Å². The maximum absolute atomic E-state index is 12.4. The average Bonchev–Trinajstić information content (AvgIpc) is 2.69. The number of hydrogen-bond donors (Lipinski definition) is 2. The quantitative estimate of drug-likeness (QED) is 0.434. The summed E-state index contributed by atoms with van der Waals surface area (Å²) in [7, 11) is 0. The first-order chi connectivity index (χ1) is 14.2. The topological polar surface area (TPSA) is 59.1 Å². The minimum Gasteiger partial charge on any atom is -0.404 e. The van der Waals surface area contributed by atoms with Gasteiger partial charge in [-0.15, -0.1) is 13.2 Å². The summed E-state index contributed by atoms with van der Waals surface area (Å²) in [4.78, 5) is 9.04. The Morgan fingerprint density at radius 1 is 1.07 bits per heavy atom. The van der Waals surface area contributed by atoms with E-state index in [4.69, 9.17) is 11.6 Å². The van der Waals surface area contributed by atoms with E-state index in [9.17, 15) is 13.2 Å². The standard InChI is InChI=1S/C21H20ClF3N4O/c1-3-13(2)26-20-28-17(14-7-5-4-6-8-14)12-19(29-20)27-15-9-10-18(16(22)11-15)30-21(23,24)25/h4-13H,3H2,1-2H3,(H2,26,27,28,29)/t13-/m1/s1. The Morgan fingerprint density at radius 3 is 2.43 bits per heavy atom. The lowest BCUT2D eigenvalue weighted by Gasteiger charge is -2.15. The van der Waals surface area contributed by atoms with Crippen LogP contribution in [0, 0.1) is 0 Å². The number of benzene rings is 2. The van der Waals surface area contributed by atoms with Crippen molar-refractivity contribution in [1.29, 1.82) is 0 Å². The molecule has 0 bridgehead atoms. The highest BCUT2D eigenvalue weighted by Gasteiger charge is 2.32. The molecule has 3 rings (SSSR count). The number of ether oxygens (including phenoxy) is 1. The molecule has 1 heterocycles. The maximum Gasteiger partial charge on any atom is 0.573 e. The molecule has 2 aromatic carbocycles. The number of anilines is 3. The fourth-order valence-corrected chi connectivity index (χ4v) is 2.81. The molecule has 0 saturated heterocycles. The second kappa shape index (κ2) is 9.21. The van der Waals surface area contributed by atoms with Crippen molar-refractivity contribution in [3.63, 3.8) is 0 Å². The van der Waals surface area contributed by atoms with Gasteiger partial charge < -0.3 is 15.4 Å². The van der Waals surface area contributed by atoms with E-state index < -0.39 is 12.1 Å². The first kappa shape index (κ1) is 21.7. The molecule has 5 nitrogen and oxygen atoms in total. The molecule has 0 aliphatic heterocycles. The molecule has 158 valence electrons. The second-order valence-electron chi connectivity index (χ2n) is 6.60. The molecule has 0 saturated carbocycles. The summed E-state index contributed by atoms with van der Waals surface area (Å²) in [6, 6.07) is 15.4. The number of alkyl halides is 3. The minimum absolute atomic E-state index is 0.164. The number of nitrogens with one attached hydrogen (secondary N) is 2. The Morgan fingerprint density at radius 2 is 1.80 bits per heavy atom. The fraction of sp³-hybridized carbons (Fsp3) is 0.238. The molecule has 0 radical (unpaired) electrons. The summed E-state index contributed by atoms with van der Waals surface area (Å²) < 4.78 is 41.2. The van der Waals surface area contributed by atoms with Crippen molar-refractivity contribution in [2.45, 2.75) is 32.7 Å². The van der Waals surface area contributed by atoms with E-state index in [2.05, 4.69) is 25.3 Å². The molecule has 0 unspecified atom stereocenters. The van der Waals surface area contributed by atoms with Crippen LogP contribution in [0.5, 0.6) is 5.75 Å². The lowest BCUT2D eigenvalue weighted by atomic mass is 10.1. The van der Waals surface area contributed by atoms with Gasteiger partial charge >= 0.3 is 6.36 Å². The first-order valence-corrected chi connectivity index (χ1v) is 9.64. The molecule has 0 amide bonds. The molecule has 0 aliphatic carbocycles. The van der Waals surface area contributed by atoms with Gasteiger partial charge in [-0.1, -0.05) is 48.9 Å². The van der Waals surface area contributed by atoms with Gasteiger partial charge in [0.25, 0.3) is 0 Å². The SMILES string of the molecule is CC[C@@H](C)Nc1nc(Nc2ccc(OC(F)(F)F)c(Cl)c2)cc(-c2ccccc2)n1. The van der Waals surface area contributed by atoms with Gasteiger partial charge in [0.15, 0.2) is 0 Å². The number of hydrogen-bond acceptors (Lipinski definition) is 5. The zero-order chi connectivity index (χ0) is 21.7. The predicted octanol–water partition coefficient (Wildman–Crippen LogP) is 6.65. The normalized spacial score (nSPS) is 12.3. The minimum atomic E-state index is -4.81. The van der Waals surface area contributed by atoms with E-state index in [0.29, 0.717) is 23.1 Å². The Labute approximate surface area is 177 Å². The van der Waals surface area contributed by atoms with Gasteiger partial charge in [-0.25, -0.2) is 4.98 Å². The van der Waals surface area contributed by atoms with Crippen LogP contribution in [0.15, 0.2) is 54.6 Å². The van der Waals surface area contributed by atoms with Crippen molar-refractivity contribution >= 4 is 29.1 Å². The molecule has 0 fully saturated rings. The molecule has 30 heavy (non-hydrogen) atoms. The van der Waals surface area contributed by atoms with Gasteiger partial charge in [-0.3, -0.25) is 0 Å². The number of nitrogens with zero attached hydrogens (tertiary/aromatic N) is 2. The van der Waals surface area contributed by atoms with E-state index in [0.717, 1.165) is 18.1 Å². The molecule has 1 aromatic heterocycles. The van der Waals surface area contributed by atoms with E-state index in [1.165, 1.54) is 12.1 Å². The van der Waals surface area contributed by atoms with Crippen molar-refractivity contribution < 1.29 is 17.9 Å². The van der Waals surface area contributed by atoms with E-state index in [1.807, 2.05) is 44.2 Å². The molecular weight excluding hydrogens is 417 g/mol. The Balaban J connectivity index is 1.91. The van der Waals surface area contributed by atoms with Crippen LogP contribution in [0.3, 0.4) is 0 Å². The van der Waals surface area contributed by atoms with Gasteiger partial charge in [-0.2, -0.15) is 4.98 Å². The van der Waals surface area contributed by atoms with Crippen molar-refractivity contribution in [1.82, 2.24) is 9.97 Å². The van der Waals surface area contributed by atoms with Crippen LogP contribution in [0.4, 0.5) is 30.6 Å². The highest BCUT2D eigenvalue weighted by Crippen LogP contribution is 2.33. The van der Waals surface area contributed by atoms with Gasteiger partial charge in [0.1, 0.15) is 11.6 Å². The third-order valence-electron chi connectivity index (χ3n) is 4.21. The summed E-state index contributed by atoms with van der Waals surface area (Å²) in [5, 5.41) is 6.13. The summed E-state index contributed by atoms with van der Waals surface area (Å²) >= 11 is 5.94. The third kappa shape index (κ3) is 6.00. The zero-order valence-electron chi connectivity index (χ0n) is 16.3. The van der Waals surface area contributed by atoms with E-state index in [1.54, 1.807) is 6.07 Å². The lowest BCUT2D eigenvalue weighted by molar-refractivity contribution is -0.274. The van der Waals surface area contributed by atoms with Crippen LogP contribution in [-0.2, 0) is 0 Å². The van der Waals surface area contributed by atoms with E-state index in [-0.39, 0.29) is 11.1 Å². The summed E-state index contributed by atoms with van der Waals surface area (Å²) in [5.41, 5.74) is 2.06. The Bertz CT molecular complexity index is 999. The monoisotopic (exact) mass is 436 g/mol. The van der Waals surface area contributed by atoms with Crippen LogP contribution >= 0.6 is 11.6 Å². The van der Waals surface area contributed by atoms with Gasteiger partial charge in [-0.05, 0) is 31.5 Å². The summed E-state index contributed by atoms with van der Waals surface area (Å²) in [6.45, 7) is 4.06. The molecule has 0 spiro atoms. The molecule has 0 aliphatic rings. The molecule has 1 atom stereocenters. The van der Waals surface area contributed by atoms with Crippen LogP contribution in [0.25, 0.3) is 11.3 Å². The van der Waals surface area contributed by atoms with Gasteiger partial charge in [0.2, 0.25) is 5.95 Å². The predicted molar refractivity (Wildman–Crippen MR) is 112 cm³/mol. The van der Waals surface area contributed by atoms with Crippen LogP contribution in [0.2, 0.25) is 5.02 Å². The highest BCUT2D eigenvalue weighted by atomic mass is 35.5. The smallest absolute Gasteiger partial charge is 0.404 e. The number of aromatic nitrogens is 2. The van der Waals surface area contributed by atoms with Gasteiger partial charge in [0.05, 0.1) is 10.7 Å². The Hall–Kier alpha value is -3.00. The van der Waals surface area contributed by atoms with Gasteiger partial charge in [0, 0.05) is 23.4 Å². The first-order valence-electron chi connectivity index (χ1n) is 9.27. The highest BCUT2D eigenvalue weighted by molar-refractivity contribution is 6.32. The van der Waals surface area contributed by atoms with Crippen LogP contribution in [-0.4, -0.2) is 22.4 Å². The lowest BCUT2D eigenvalue weighted by Crippen LogP contribution is -2.17. The van der Waals surface area contributed by atoms with Crippen molar-refractivity contribution in [2.75, 3.05) is 10.6 Å². The molecular formula is C21H20ClF3N4O. The van der Waals surface area contributed by atoms with Crippen LogP contribution < -0.4 is 15.4 Å². The summed E-state index contributed by atoms with van der Waals surface area (Å²) in [5.74, 6) is 0.438. The number of halogens is 4. The number of rotatable bonds is 7. The fourth-order valence-electron chi connectivity index (χ4n) is 2.59. The van der Waals surface area contributed by atoms with Crippen molar-refractivity contribution in [2.24, 2.45) is 0 Å². The van der Waals surface area contributed by atoms with Crippen molar-refractivity contribution in [3.8, 4) is 17.0 Å². The third-order valence-corrected chi connectivity index (χ3v) is 4.51. The maximum atomic E-state index is 12.4. The zero-order valence-corrected chi connectivity index (χ0v) is 17.1. The Kier molecular flexibility index (Phi) is 6.66.